The van der Waals surface area contributed by atoms with Gasteiger partial charge in [-0.3, -0.25) is 0 Å². The van der Waals surface area contributed by atoms with Gasteiger partial charge in [-0.25, -0.2) is 0 Å². The summed E-state index contributed by atoms with van der Waals surface area (Å²) in [5, 5.41) is 3.36. The maximum Gasteiger partial charge on any atom is 0.00646 e. The minimum atomic E-state index is 0.259. The fourth-order valence-corrected chi connectivity index (χ4v) is 2.06. The zero-order valence-corrected chi connectivity index (χ0v) is 12.0. The van der Waals surface area contributed by atoms with Gasteiger partial charge in [-0.05, 0) is 42.9 Å². The monoisotopic (exact) mass is 233 g/mol. The molecule has 1 nitrogen and oxygen atoms in total. The molecule has 0 aliphatic rings. The molecule has 17 heavy (non-hydrogen) atoms. The lowest BCUT2D eigenvalue weighted by Crippen LogP contribution is -2.24. The Labute approximate surface area is 107 Å². The van der Waals surface area contributed by atoms with E-state index in [0.717, 1.165) is 0 Å². The average molecular weight is 233 g/mol. The SMILES string of the molecule is CCC(CCc1ccc(C(C)(C)C)cc1)NC. The van der Waals surface area contributed by atoms with Crippen LogP contribution < -0.4 is 5.32 Å². The van der Waals surface area contributed by atoms with E-state index >= 15 is 0 Å². The van der Waals surface area contributed by atoms with Crippen molar-refractivity contribution in [3.05, 3.63) is 35.4 Å². The first kappa shape index (κ1) is 14.2. The van der Waals surface area contributed by atoms with E-state index in [0.29, 0.717) is 6.04 Å². The smallest absolute Gasteiger partial charge is 0.00646 e. The Bertz CT molecular complexity index is 314. The van der Waals surface area contributed by atoms with Crippen LogP contribution in [0.4, 0.5) is 0 Å². The molecule has 0 amide bonds. The molecular weight excluding hydrogens is 206 g/mol. The van der Waals surface area contributed by atoms with Crippen LogP contribution in [-0.2, 0) is 11.8 Å². The van der Waals surface area contributed by atoms with Crippen LogP contribution in [0.25, 0.3) is 0 Å². The van der Waals surface area contributed by atoms with Gasteiger partial charge in [0.1, 0.15) is 0 Å². The highest BCUT2D eigenvalue weighted by molar-refractivity contribution is 5.27. The molecule has 1 unspecified atom stereocenters. The second-order valence-electron chi connectivity index (χ2n) is 5.88. The number of rotatable bonds is 5. The zero-order chi connectivity index (χ0) is 12.9. The minimum Gasteiger partial charge on any atom is -0.317 e. The Morgan fingerprint density at radius 2 is 1.71 bits per heavy atom. The van der Waals surface area contributed by atoms with Crippen LogP contribution in [0.3, 0.4) is 0 Å². The Kier molecular flexibility index (Phi) is 5.20. The summed E-state index contributed by atoms with van der Waals surface area (Å²) in [5.74, 6) is 0. The minimum absolute atomic E-state index is 0.259. The van der Waals surface area contributed by atoms with Gasteiger partial charge in [0.05, 0.1) is 0 Å². The van der Waals surface area contributed by atoms with Crippen molar-refractivity contribution in [1.82, 2.24) is 5.32 Å². The molecule has 0 heterocycles. The summed E-state index contributed by atoms with van der Waals surface area (Å²) in [4.78, 5) is 0. The van der Waals surface area contributed by atoms with E-state index in [9.17, 15) is 0 Å². The van der Waals surface area contributed by atoms with Crippen LogP contribution in [0, 0.1) is 0 Å². The van der Waals surface area contributed by atoms with E-state index in [1.165, 1.54) is 30.4 Å². The number of aryl methyl sites for hydroxylation is 1. The molecule has 0 spiro atoms. The van der Waals surface area contributed by atoms with Gasteiger partial charge in [0.2, 0.25) is 0 Å². The van der Waals surface area contributed by atoms with E-state index in [1.807, 2.05) is 0 Å². The summed E-state index contributed by atoms with van der Waals surface area (Å²) in [6.07, 6.45) is 3.60. The summed E-state index contributed by atoms with van der Waals surface area (Å²) in [6.45, 7) is 9.02. The highest BCUT2D eigenvalue weighted by Gasteiger charge is 2.12. The first-order chi connectivity index (χ1) is 7.97. The van der Waals surface area contributed by atoms with Crippen LogP contribution in [-0.4, -0.2) is 13.1 Å². The van der Waals surface area contributed by atoms with E-state index in [-0.39, 0.29) is 5.41 Å². The molecule has 1 aromatic rings. The van der Waals surface area contributed by atoms with E-state index in [1.54, 1.807) is 0 Å². The molecule has 0 fully saturated rings. The van der Waals surface area contributed by atoms with Crippen LogP contribution >= 0.6 is 0 Å². The topological polar surface area (TPSA) is 12.0 Å². The number of nitrogens with one attached hydrogen (secondary N) is 1. The third-order valence-electron chi connectivity index (χ3n) is 3.50. The summed E-state index contributed by atoms with van der Waals surface area (Å²) in [6, 6.07) is 9.76. The summed E-state index contributed by atoms with van der Waals surface area (Å²) >= 11 is 0. The largest absolute Gasteiger partial charge is 0.317 e. The molecule has 0 radical (unpaired) electrons. The Hall–Kier alpha value is -0.820. The summed E-state index contributed by atoms with van der Waals surface area (Å²) in [7, 11) is 2.05. The van der Waals surface area contributed by atoms with Crippen molar-refractivity contribution in [2.45, 2.75) is 58.4 Å². The molecule has 0 aliphatic carbocycles. The summed E-state index contributed by atoms with van der Waals surface area (Å²) in [5.41, 5.74) is 3.13. The van der Waals surface area contributed by atoms with Crippen molar-refractivity contribution in [3.63, 3.8) is 0 Å². The van der Waals surface area contributed by atoms with Crippen molar-refractivity contribution < 1.29 is 0 Å². The molecule has 1 N–H and O–H groups in total. The molecule has 0 bridgehead atoms. The van der Waals surface area contributed by atoms with Crippen molar-refractivity contribution in [2.24, 2.45) is 0 Å². The van der Waals surface area contributed by atoms with Gasteiger partial charge in [-0.15, -0.1) is 0 Å². The molecular formula is C16H27N. The maximum absolute atomic E-state index is 3.36. The average Bonchev–Trinajstić information content (AvgIpc) is 2.30. The first-order valence-electron chi connectivity index (χ1n) is 6.74. The normalized spacial score (nSPS) is 13.7. The second kappa shape index (κ2) is 6.20. The fraction of sp³-hybridized carbons (Fsp3) is 0.625. The Morgan fingerprint density at radius 1 is 1.12 bits per heavy atom. The highest BCUT2D eigenvalue weighted by Crippen LogP contribution is 2.22. The van der Waals surface area contributed by atoms with Crippen molar-refractivity contribution in [2.75, 3.05) is 7.05 Å². The predicted molar refractivity (Wildman–Crippen MR) is 76.6 cm³/mol. The van der Waals surface area contributed by atoms with Gasteiger partial charge >= 0.3 is 0 Å². The van der Waals surface area contributed by atoms with E-state index in [4.69, 9.17) is 0 Å². The number of hydrogen-bond donors (Lipinski definition) is 1. The number of hydrogen-bond acceptors (Lipinski definition) is 1. The quantitative estimate of drug-likeness (QED) is 0.813. The van der Waals surface area contributed by atoms with Gasteiger partial charge in [-0.2, -0.15) is 0 Å². The van der Waals surface area contributed by atoms with Crippen molar-refractivity contribution in [1.29, 1.82) is 0 Å². The third kappa shape index (κ3) is 4.51. The van der Waals surface area contributed by atoms with Crippen molar-refractivity contribution in [3.8, 4) is 0 Å². The number of benzene rings is 1. The molecule has 0 aliphatic heterocycles. The lowest BCUT2D eigenvalue weighted by atomic mass is 9.86. The van der Waals surface area contributed by atoms with Gasteiger partial charge in [0, 0.05) is 6.04 Å². The third-order valence-corrected chi connectivity index (χ3v) is 3.50. The van der Waals surface area contributed by atoms with Gasteiger partial charge in [0.25, 0.3) is 0 Å². The molecule has 1 heteroatoms. The van der Waals surface area contributed by atoms with E-state index < -0.39 is 0 Å². The summed E-state index contributed by atoms with van der Waals surface area (Å²) < 4.78 is 0. The fourth-order valence-electron chi connectivity index (χ4n) is 2.06. The van der Waals surface area contributed by atoms with Crippen LogP contribution in [0.2, 0.25) is 0 Å². The molecule has 1 aromatic carbocycles. The Balaban J connectivity index is 2.57. The zero-order valence-electron chi connectivity index (χ0n) is 12.0. The highest BCUT2D eigenvalue weighted by atomic mass is 14.9. The predicted octanol–water partition coefficient (Wildman–Crippen LogP) is 3.91. The van der Waals surface area contributed by atoms with Crippen molar-refractivity contribution >= 4 is 0 Å². The molecule has 0 aromatic heterocycles. The lowest BCUT2D eigenvalue weighted by molar-refractivity contribution is 0.508. The molecule has 0 saturated carbocycles. The molecule has 1 rings (SSSR count). The van der Waals surface area contributed by atoms with E-state index in [2.05, 4.69) is 64.3 Å². The van der Waals surface area contributed by atoms with Gasteiger partial charge < -0.3 is 5.32 Å². The van der Waals surface area contributed by atoms with Crippen LogP contribution in [0.1, 0.15) is 51.7 Å². The second-order valence-corrected chi connectivity index (χ2v) is 5.88. The molecule has 1 atom stereocenters. The molecule has 0 saturated heterocycles. The first-order valence-corrected chi connectivity index (χ1v) is 6.74. The standard InChI is InChI=1S/C16H27N/c1-6-15(17-5)12-9-13-7-10-14(11-8-13)16(2,3)4/h7-8,10-11,15,17H,6,9,12H2,1-5H3. The van der Waals surface area contributed by atoms with Gasteiger partial charge in [0.15, 0.2) is 0 Å². The Morgan fingerprint density at radius 3 is 2.12 bits per heavy atom. The molecule has 96 valence electrons. The maximum atomic E-state index is 3.36. The lowest BCUT2D eigenvalue weighted by Gasteiger charge is -2.19. The van der Waals surface area contributed by atoms with Crippen LogP contribution in [0.15, 0.2) is 24.3 Å². The van der Waals surface area contributed by atoms with Crippen LogP contribution in [0.5, 0.6) is 0 Å². The van der Waals surface area contributed by atoms with Gasteiger partial charge in [-0.1, -0.05) is 52.0 Å².